The molecule has 25 heavy (non-hydrogen) atoms. The van der Waals surface area contributed by atoms with E-state index in [1.807, 2.05) is 53.4 Å². The Hall–Kier alpha value is -2.80. The fraction of sp³-hybridized carbons (Fsp3) is 0.222. The van der Waals surface area contributed by atoms with Crippen molar-refractivity contribution in [2.45, 2.75) is 6.42 Å². The summed E-state index contributed by atoms with van der Waals surface area (Å²) in [6, 6.07) is 15.2. The Bertz CT molecular complexity index is 767. The van der Waals surface area contributed by atoms with Crippen molar-refractivity contribution in [1.29, 1.82) is 0 Å². The maximum absolute atomic E-state index is 11.2. The minimum atomic E-state index is -0.372. The van der Waals surface area contributed by atoms with E-state index in [4.69, 9.17) is 27.4 Å². The summed E-state index contributed by atoms with van der Waals surface area (Å²) in [4.78, 5) is 13.0. The number of carbonyl (C=O) groups excluding carboxylic acids is 1. The zero-order valence-corrected chi connectivity index (χ0v) is 14.4. The fourth-order valence-electron chi connectivity index (χ4n) is 2.49. The molecule has 1 heterocycles. The Balaban J connectivity index is 1.76. The number of anilines is 2. The summed E-state index contributed by atoms with van der Waals surface area (Å²) in [5.41, 5.74) is 6.96. The van der Waals surface area contributed by atoms with Crippen LogP contribution in [0.5, 0.6) is 11.5 Å². The molecule has 0 bridgehead atoms. The molecule has 2 aromatic rings. The largest absolute Gasteiger partial charge is 0.486 e. The highest BCUT2D eigenvalue weighted by Crippen LogP contribution is 2.32. The first-order valence-corrected chi connectivity index (χ1v) is 8.36. The van der Waals surface area contributed by atoms with Crippen LogP contribution in [0.4, 0.5) is 11.4 Å². The van der Waals surface area contributed by atoms with Crippen molar-refractivity contribution in [3.63, 3.8) is 0 Å². The van der Waals surface area contributed by atoms with Gasteiger partial charge in [-0.1, -0.05) is 18.2 Å². The zero-order valence-electron chi connectivity index (χ0n) is 13.6. The van der Waals surface area contributed by atoms with Crippen LogP contribution in [0, 0.1) is 0 Å². The average Bonchev–Trinajstić information content (AvgIpc) is 2.62. The molecule has 0 saturated carbocycles. The van der Waals surface area contributed by atoms with Crippen LogP contribution in [0.25, 0.3) is 0 Å². The lowest BCUT2D eigenvalue weighted by molar-refractivity contribution is -0.117. The van der Waals surface area contributed by atoms with Crippen LogP contribution in [0.2, 0.25) is 0 Å². The quantitative estimate of drug-likeness (QED) is 0.801. The number of rotatable bonds is 5. The van der Waals surface area contributed by atoms with Crippen molar-refractivity contribution in [2.75, 3.05) is 30.0 Å². The van der Waals surface area contributed by atoms with Gasteiger partial charge in [-0.05, 0) is 36.5 Å². The van der Waals surface area contributed by atoms with Crippen LogP contribution in [-0.4, -0.2) is 30.8 Å². The lowest BCUT2D eigenvalue weighted by Crippen LogP contribution is -2.37. The summed E-state index contributed by atoms with van der Waals surface area (Å²) in [5, 5.41) is 3.66. The minimum Gasteiger partial charge on any atom is -0.486 e. The molecule has 1 aliphatic heterocycles. The highest BCUT2D eigenvalue weighted by Gasteiger charge is 2.16. The molecule has 130 valence electrons. The number of nitrogens with one attached hydrogen (secondary N) is 1. The van der Waals surface area contributed by atoms with Crippen LogP contribution < -0.4 is 25.4 Å². The number of primary amides is 1. The standard InChI is InChI=1S/C18H19N3O3S/c19-17(22)8-9-21(14-4-2-1-3-5-14)18(25)20-13-6-7-15-16(12-13)24-11-10-23-15/h1-7,12H,8-11H2,(H2,19,22)(H,20,25). The van der Waals surface area contributed by atoms with Crippen LogP contribution in [0.15, 0.2) is 48.5 Å². The number of carbonyl (C=O) groups is 1. The summed E-state index contributed by atoms with van der Waals surface area (Å²) >= 11 is 5.54. The Morgan fingerprint density at radius 3 is 2.56 bits per heavy atom. The molecule has 0 aromatic heterocycles. The van der Waals surface area contributed by atoms with Crippen LogP contribution >= 0.6 is 12.2 Å². The SMILES string of the molecule is NC(=O)CCN(C(=S)Nc1ccc2c(c1)OCCO2)c1ccccc1. The first-order chi connectivity index (χ1) is 12.1. The molecular weight excluding hydrogens is 338 g/mol. The molecule has 1 amide bonds. The Morgan fingerprint density at radius 2 is 1.84 bits per heavy atom. The van der Waals surface area contributed by atoms with Gasteiger partial charge in [0.1, 0.15) is 13.2 Å². The number of fused-ring (bicyclic) bond motifs is 1. The summed E-state index contributed by atoms with van der Waals surface area (Å²) in [6.45, 7) is 1.47. The molecule has 0 aliphatic carbocycles. The first kappa shape index (κ1) is 17.0. The predicted octanol–water partition coefficient (Wildman–Crippen LogP) is 2.54. The minimum absolute atomic E-state index is 0.206. The first-order valence-electron chi connectivity index (χ1n) is 7.95. The van der Waals surface area contributed by atoms with Gasteiger partial charge in [0.25, 0.3) is 0 Å². The van der Waals surface area contributed by atoms with E-state index in [1.165, 1.54) is 0 Å². The molecule has 6 nitrogen and oxygen atoms in total. The maximum atomic E-state index is 11.2. The predicted molar refractivity (Wildman–Crippen MR) is 101 cm³/mol. The monoisotopic (exact) mass is 357 g/mol. The van der Waals surface area contributed by atoms with E-state index in [2.05, 4.69) is 5.32 Å². The van der Waals surface area contributed by atoms with E-state index in [-0.39, 0.29) is 12.3 Å². The van der Waals surface area contributed by atoms with Gasteiger partial charge in [-0.25, -0.2) is 0 Å². The van der Waals surface area contributed by atoms with E-state index in [1.54, 1.807) is 0 Å². The van der Waals surface area contributed by atoms with E-state index in [9.17, 15) is 4.79 Å². The smallest absolute Gasteiger partial charge is 0.219 e. The molecule has 0 radical (unpaired) electrons. The molecule has 2 aromatic carbocycles. The third-order valence-electron chi connectivity index (χ3n) is 3.69. The van der Waals surface area contributed by atoms with E-state index in [0.717, 1.165) is 17.1 Å². The molecule has 7 heteroatoms. The molecular formula is C18H19N3O3S. The highest BCUT2D eigenvalue weighted by atomic mass is 32.1. The Labute approximate surface area is 151 Å². The van der Waals surface area contributed by atoms with E-state index < -0.39 is 0 Å². The van der Waals surface area contributed by atoms with Crippen molar-refractivity contribution in [1.82, 2.24) is 0 Å². The lowest BCUT2D eigenvalue weighted by Gasteiger charge is -2.26. The van der Waals surface area contributed by atoms with Crippen molar-refractivity contribution in [3.05, 3.63) is 48.5 Å². The van der Waals surface area contributed by atoms with E-state index >= 15 is 0 Å². The number of hydrogen-bond acceptors (Lipinski definition) is 4. The topological polar surface area (TPSA) is 76.8 Å². The number of benzene rings is 2. The van der Waals surface area contributed by atoms with Crippen LogP contribution in [0.1, 0.15) is 6.42 Å². The van der Waals surface area contributed by atoms with Crippen molar-refractivity contribution < 1.29 is 14.3 Å². The van der Waals surface area contributed by atoms with Gasteiger partial charge < -0.3 is 25.4 Å². The average molecular weight is 357 g/mol. The second kappa shape index (κ2) is 7.85. The third-order valence-corrected chi connectivity index (χ3v) is 4.01. The maximum Gasteiger partial charge on any atom is 0.219 e. The molecule has 3 N–H and O–H groups in total. The number of nitrogens with zero attached hydrogens (tertiary/aromatic N) is 1. The zero-order chi connectivity index (χ0) is 17.6. The number of thiocarbonyl (C=S) groups is 1. The molecule has 0 unspecified atom stereocenters. The molecule has 3 rings (SSSR count). The summed E-state index contributed by atoms with van der Waals surface area (Å²) in [5.74, 6) is 1.03. The van der Waals surface area contributed by atoms with Gasteiger partial charge in [-0.2, -0.15) is 0 Å². The third kappa shape index (κ3) is 4.39. The number of para-hydroxylation sites is 1. The summed E-state index contributed by atoms with van der Waals surface area (Å²) in [7, 11) is 0. The highest BCUT2D eigenvalue weighted by molar-refractivity contribution is 7.80. The normalized spacial score (nSPS) is 12.3. The number of hydrogen-bond donors (Lipinski definition) is 2. The van der Waals surface area contributed by atoms with Crippen molar-refractivity contribution >= 4 is 34.6 Å². The van der Waals surface area contributed by atoms with Gasteiger partial charge in [0, 0.05) is 30.4 Å². The van der Waals surface area contributed by atoms with Gasteiger partial charge in [0.05, 0.1) is 0 Å². The summed E-state index contributed by atoms with van der Waals surface area (Å²) < 4.78 is 11.1. The molecule has 1 aliphatic rings. The van der Waals surface area contributed by atoms with Crippen LogP contribution in [0.3, 0.4) is 0 Å². The lowest BCUT2D eigenvalue weighted by atomic mass is 10.2. The number of ether oxygens (including phenoxy) is 2. The molecule has 0 atom stereocenters. The molecule has 0 saturated heterocycles. The Kier molecular flexibility index (Phi) is 5.35. The fourth-order valence-corrected chi connectivity index (χ4v) is 2.80. The van der Waals surface area contributed by atoms with Gasteiger partial charge in [0.2, 0.25) is 5.91 Å². The number of amides is 1. The second-order valence-electron chi connectivity index (χ2n) is 5.49. The second-order valence-corrected chi connectivity index (χ2v) is 5.88. The van der Waals surface area contributed by atoms with Crippen molar-refractivity contribution in [3.8, 4) is 11.5 Å². The Morgan fingerprint density at radius 1 is 1.12 bits per heavy atom. The van der Waals surface area contributed by atoms with Gasteiger partial charge >= 0.3 is 0 Å². The van der Waals surface area contributed by atoms with Gasteiger partial charge in [0.15, 0.2) is 16.6 Å². The van der Waals surface area contributed by atoms with E-state index in [0.29, 0.717) is 30.6 Å². The van der Waals surface area contributed by atoms with Gasteiger partial charge in [-0.15, -0.1) is 0 Å². The number of nitrogens with two attached hydrogens (primary N) is 1. The van der Waals surface area contributed by atoms with Gasteiger partial charge in [-0.3, -0.25) is 4.79 Å². The van der Waals surface area contributed by atoms with Crippen molar-refractivity contribution in [2.24, 2.45) is 5.73 Å². The summed E-state index contributed by atoms with van der Waals surface area (Å²) in [6.07, 6.45) is 0.206. The molecule has 0 spiro atoms. The molecule has 0 fully saturated rings. The van der Waals surface area contributed by atoms with Crippen LogP contribution in [-0.2, 0) is 4.79 Å².